The first-order valence-corrected chi connectivity index (χ1v) is 15.1. The molecule has 0 aliphatic heterocycles. The van der Waals surface area contributed by atoms with Crippen molar-refractivity contribution in [2.75, 3.05) is 59.5 Å². The van der Waals surface area contributed by atoms with Gasteiger partial charge in [0.2, 0.25) is 0 Å². The van der Waals surface area contributed by atoms with Gasteiger partial charge < -0.3 is 74.4 Å². The SMILES string of the molecule is CCC(COCC(O)COc1cc(O)cc(O)c1)(COCC(O)COc1cc(O)cc(O)c1)COCC(O)COc1cc(O)cc(O)c1. The Balaban J connectivity index is 1.52. The molecule has 9 N–H and O–H groups in total. The molecular formula is C33H44O15. The van der Waals surface area contributed by atoms with Crippen molar-refractivity contribution in [2.45, 2.75) is 31.7 Å². The predicted octanol–water partition coefficient (Wildman–Crippen LogP) is 1.99. The van der Waals surface area contributed by atoms with Crippen molar-refractivity contribution in [3.63, 3.8) is 0 Å². The van der Waals surface area contributed by atoms with Crippen LogP contribution in [0.1, 0.15) is 13.3 Å². The summed E-state index contributed by atoms with van der Waals surface area (Å²) < 4.78 is 33.7. The number of rotatable bonds is 22. The third-order valence-electron chi connectivity index (χ3n) is 6.86. The third kappa shape index (κ3) is 13.8. The number of aliphatic hydroxyl groups is 3. The van der Waals surface area contributed by atoms with Gasteiger partial charge in [0.15, 0.2) is 0 Å². The van der Waals surface area contributed by atoms with Gasteiger partial charge in [-0.3, -0.25) is 0 Å². The third-order valence-corrected chi connectivity index (χ3v) is 6.86. The lowest BCUT2D eigenvalue weighted by Gasteiger charge is -2.33. The summed E-state index contributed by atoms with van der Waals surface area (Å²) in [5.74, 6) is -0.732. The maximum absolute atomic E-state index is 10.4. The molecule has 0 aliphatic rings. The number of phenolic OH excluding ortho intramolecular Hbond substituents is 6. The summed E-state index contributed by atoms with van der Waals surface area (Å²) in [5.41, 5.74) is -0.799. The van der Waals surface area contributed by atoms with Crippen molar-refractivity contribution in [3.8, 4) is 51.7 Å². The Morgan fingerprint density at radius 1 is 0.438 bits per heavy atom. The molecule has 0 radical (unpaired) electrons. The highest BCUT2D eigenvalue weighted by molar-refractivity contribution is 5.41. The van der Waals surface area contributed by atoms with Crippen molar-refractivity contribution in [2.24, 2.45) is 5.41 Å². The maximum atomic E-state index is 10.4. The van der Waals surface area contributed by atoms with E-state index in [0.29, 0.717) is 6.42 Å². The summed E-state index contributed by atoms with van der Waals surface area (Å²) in [5, 5.41) is 88.8. The molecule has 0 aliphatic carbocycles. The molecule has 0 fully saturated rings. The predicted molar refractivity (Wildman–Crippen MR) is 169 cm³/mol. The first-order valence-electron chi connectivity index (χ1n) is 15.1. The lowest BCUT2D eigenvalue weighted by Crippen LogP contribution is -2.40. The van der Waals surface area contributed by atoms with Crippen LogP contribution in [-0.4, -0.2) is 124 Å². The summed E-state index contributed by atoms with van der Waals surface area (Å²) in [7, 11) is 0. The number of ether oxygens (including phenoxy) is 6. The van der Waals surface area contributed by atoms with E-state index in [1.54, 1.807) is 0 Å². The fourth-order valence-electron chi connectivity index (χ4n) is 4.34. The Bertz CT molecular complexity index is 1180. The number of aliphatic hydroxyl groups excluding tert-OH is 3. The van der Waals surface area contributed by atoms with E-state index in [-0.39, 0.29) is 111 Å². The van der Waals surface area contributed by atoms with E-state index in [1.807, 2.05) is 6.92 Å². The monoisotopic (exact) mass is 680 g/mol. The Morgan fingerprint density at radius 3 is 0.917 bits per heavy atom. The van der Waals surface area contributed by atoms with E-state index in [1.165, 1.54) is 36.4 Å². The van der Waals surface area contributed by atoms with Gasteiger partial charge in [-0.1, -0.05) is 6.92 Å². The van der Waals surface area contributed by atoms with Crippen LogP contribution in [0.15, 0.2) is 54.6 Å². The minimum Gasteiger partial charge on any atom is -0.508 e. The number of benzene rings is 3. The molecule has 15 heteroatoms. The summed E-state index contributed by atoms with van der Waals surface area (Å²) >= 11 is 0. The zero-order valence-corrected chi connectivity index (χ0v) is 26.5. The molecule has 266 valence electrons. The van der Waals surface area contributed by atoms with Gasteiger partial charge in [0.1, 0.15) is 89.9 Å². The molecule has 3 unspecified atom stereocenters. The summed E-state index contributed by atoms with van der Waals surface area (Å²) in [6, 6.07) is 11.1. The Labute approximate surface area is 277 Å². The second-order valence-electron chi connectivity index (χ2n) is 11.3. The Hall–Kier alpha value is -4.38. The highest BCUT2D eigenvalue weighted by Gasteiger charge is 2.31. The molecule has 0 saturated carbocycles. The second-order valence-corrected chi connectivity index (χ2v) is 11.3. The molecule has 0 spiro atoms. The van der Waals surface area contributed by atoms with Crippen LogP contribution in [0, 0.1) is 5.41 Å². The van der Waals surface area contributed by atoms with E-state index >= 15 is 0 Å². The minimum atomic E-state index is -1.07. The number of hydrogen-bond acceptors (Lipinski definition) is 15. The summed E-state index contributed by atoms with van der Waals surface area (Å²) in [6.07, 6.45) is -2.75. The normalized spacial score (nSPS) is 14.5. The van der Waals surface area contributed by atoms with E-state index in [0.717, 1.165) is 18.2 Å². The van der Waals surface area contributed by atoms with Crippen LogP contribution in [0.5, 0.6) is 51.7 Å². The number of aromatic hydroxyl groups is 6. The largest absolute Gasteiger partial charge is 0.508 e. The molecule has 3 rings (SSSR count). The van der Waals surface area contributed by atoms with Crippen molar-refractivity contribution in [3.05, 3.63) is 54.6 Å². The van der Waals surface area contributed by atoms with Crippen molar-refractivity contribution >= 4 is 0 Å². The van der Waals surface area contributed by atoms with Gasteiger partial charge in [0.25, 0.3) is 0 Å². The van der Waals surface area contributed by atoms with Gasteiger partial charge in [-0.05, 0) is 6.42 Å². The zero-order valence-electron chi connectivity index (χ0n) is 26.5. The Morgan fingerprint density at radius 2 is 0.688 bits per heavy atom. The molecule has 0 saturated heterocycles. The first-order chi connectivity index (χ1) is 22.8. The summed E-state index contributed by atoms with van der Waals surface area (Å²) in [4.78, 5) is 0. The fourth-order valence-corrected chi connectivity index (χ4v) is 4.34. The standard InChI is InChI=1S/C33H44O15/c1-2-33(18-43-12-27(40)15-46-30-6-21(34)3-22(35)7-30,19-44-13-28(41)16-47-31-8-23(36)4-24(37)9-31)20-45-14-29(42)17-48-32-10-25(38)5-26(39)11-32/h3-11,27-29,34-42H,2,12-20H2,1H3. The molecule has 3 aromatic carbocycles. The van der Waals surface area contributed by atoms with Gasteiger partial charge in [-0.2, -0.15) is 0 Å². The highest BCUT2D eigenvalue weighted by atomic mass is 16.5. The topological polar surface area (TPSA) is 237 Å². The van der Waals surface area contributed by atoms with E-state index < -0.39 is 23.7 Å². The molecule has 0 heterocycles. The zero-order chi connectivity index (χ0) is 35.1. The minimum absolute atomic E-state index is 0.0395. The Kier molecular flexibility index (Phi) is 14.9. The molecule has 3 aromatic rings. The molecule has 3 atom stereocenters. The van der Waals surface area contributed by atoms with Crippen LogP contribution < -0.4 is 14.2 Å². The smallest absolute Gasteiger partial charge is 0.126 e. The van der Waals surface area contributed by atoms with E-state index in [9.17, 15) is 46.0 Å². The highest BCUT2D eigenvalue weighted by Crippen LogP contribution is 2.29. The van der Waals surface area contributed by atoms with Crippen molar-refractivity contribution in [1.29, 1.82) is 0 Å². The average Bonchev–Trinajstić information content (AvgIpc) is 3.00. The van der Waals surface area contributed by atoms with Crippen LogP contribution in [0.4, 0.5) is 0 Å². The van der Waals surface area contributed by atoms with Gasteiger partial charge in [-0.15, -0.1) is 0 Å². The van der Waals surface area contributed by atoms with Gasteiger partial charge >= 0.3 is 0 Å². The van der Waals surface area contributed by atoms with E-state index in [2.05, 4.69) is 0 Å². The van der Waals surface area contributed by atoms with Crippen molar-refractivity contribution in [1.82, 2.24) is 0 Å². The molecule has 15 nitrogen and oxygen atoms in total. The number of phenols is 6. The lowest BCUT2D eigenvalue weighted by molar-refractivity contribution is -0.105. The van der Waals surface area contributed by atoms with Crippen LogP contribution in [-0.2, 0) is 14.2 Å². The number of hydrogen-bond donors (Lipinski definition) is 9. The molecule has 48 heavy (non-hydrogen) atoms. The molecule has 0 aromatic heterocycles. The first kappa shape index (κ1) is 38.1. The quantitative estimate of drug-likeness (QED) is 0.0738. The van der Waals surface area contributed by atoms with Gasteiger partial charge in [-0.25, -0.2) is 0 Å². The van der Waals surface area contributed by atoms with Crippen LogP contribution >= 0.6 is 0 Å². The molecule has 0 amide bonds. The van der Waals surface area contributed by atoms with E-state index in [4.69, 9.17) is 28.4 Å². The average molecular weight is 681 g/mol. The maximum Gasteiger partial charge on any atom is 0.126 e. The second kappa shape index (κ2) is 18.8. The fraction of sp³-hybridized carbons (Fsp3) is 0.455. The van der Waals surface area contributed by atoms with Crippen LogP contribution in [0.25, 0.3) is 0 Å². The van der Waals surface area contributed by atoms with Crippen LogP contribution in [0.2, 0.25) is 0 Å². The van der Waals surface area contributed by atoms with Crippen LogP contribution in [0.3, 0.4) is 0 Å². The van der Waals surface area contributed by atoms with Gasteiger partial charge in [0, 0.05) is 60.0 Å². The molecule has 0 bridgehead atoms. The summed E-state index contributed by atoms with van der Waals surface area (Å²) in [6.45, 7) is 0.968. The van der Waals surface area contributed by atoms with Gasteiger partial charge in [0.05, 0.1) is 39.6 Å². The lowest BCUT2D eigenvalue weighted by atomic mass is 9.88. The van der Waals surface area contributed by atoms with Crippen molar-refractivity contribution < 1.29 is 74.4 Å². The molecular weight excluding hydrogens is 636 g/mol.